The molecule has 7 heteroatoms. The number of fused-ring (bicyclic) bond motifs is 2. The lowest BCUT2D eigenvalue weighted by molar-refractivity contribution is 0.549. The van der Waals surface area contributed by atoms with Gasteiger partial charge in [0.2, 0.25) is 0 Å². The van der Waals surface area contributed by atoms with E-state index in [2.05, 4.69) is 5.32 Å². The van der Waals surface area contributed by atoms with Crippen LogP contribution in [0.2, 0.25) is 0 Å². The Hall–Kier alpha value is -2.64. The van der Waals surface area contributed by atoms with Crippen LogP contribution in [0.15, 0.2) is 59.5 Å². The zero-order valence-electron chi connectivity index (χ0n) is 16.7. The first-order chi connectivity index (χ1) is 13.7. The smallest absolute Gasteiger partial charge is 0.180 e. The Kier molecular flexibility index (Phi) is 4.96. The van der Waals surface area contributed by atoms with Gasteiger partial charge in [0.25, 0.3) is 0 Å². The van der Waals surface area contributed by atoms with E-state index in [9.17, 15) is 8.42 Å². The normalized spacial score (nSPS) is 16.3. The van der Waals surface area contributed by atoms with Gasteiger partial charge in [0.1, 0.15) is 5.82 Å². The largest absolute Gasteiger partial charge is 0.383 e. The number of nitrogens with two attached hydrogens (primary N) is 1. The molecule has 2 heterocycles. The fraction of sp³-hybridized carbons (Fsp3) is 0.318. The molecule has 0 saturated heterocycles. The van der Waals surface area contributed by atoms with Crippen molar-refractivity contribution in [3.63, 3.8) is 0 Å². The SMILES string of the molecule is CC(C)(N)CNc1cc(N2CCS(=O)(=O)c3ccccc3C2)nc2ccccc12. The van der Waals surface area contributed by atoms with Crippen molar-refractivity contribution in [3.8, 4) is 0 Å². The molecular weight excluding hydrogens is 384 g/mol. The van der Waals surface area contributed by atoms with Gasteiger partial charge in [-0.3, -0.25) is 0 Å². The van der Waals surface area contributed by atoms with E-state index in [1.165, 1.54) is 0 Å². The molecule has 29 heavy (non-hydrogen) atoms. The van der Waals surface area contributed by atoms with Gasteiger partial charge in [-0.25, -0.2) is 13.4 Å². The molecule has 1 aliphatic heterocycles. The molecule has 4 rings (SSSR count). The highest BCUT2D eigenvalue weighted by Gasteiger charge is 2.26. The maximum absolute atomic E-state index is 12.7. The molecule has 0 spiro atoms. The number of benzene rings is 2. The number of hydrogen-bond donors (Lipinski definition) is 2. The number of hydrogen-bond acceptors (Lipinski definition) is 6. The van der Waals surface area contributed by atoms with Crippen molar-refractivity contribution in [3.05, 3.63) is 60.2 Å². The number of nitrogens with zero attached hydrogens (tertiary/aromatic N) is 2. The van der Waals surface area contributed by atoms with Crippen LogP contribution in [0, 0.1) is 0 Å². The van der Waals surface area contributed by atoms with Gasteiger partial charge in [-0.05, 0) is 31.5 Å². The minimum absolute atomic E-state index is 0.0666. The molecule has 0 radical (unpaired) electrons. The highest BCUT2D eigenvalue weighted by Crippen LogP contribution is 2.30. The van der Waals surface area contributed by atoms with Gasteiger partial charge in [-0.15, -0.1) is 0 Å². The molecule has 0 bridgehead atoms. The maximum atomic E-state index is 12.7. The van der Waals surface area contributed by atoms with Crippen LogP contribution in [-0.2, 0) is 16.4 Å². The molecule has 1 aliphatic rings. The van der Waals surface area contributed by atoms with Crippen LogP contribution in [0.25, 0.3) is 10.9 Å². The molecule has 0 unspecified atom stereocenters. The standard InChI is InChI=1S/C22H26N4O2S/c1-22(2,23)15-24-19-13-21(25-18-9-5-4-8-17(18)19)26-11-12-29(27,28)20-10-6-3-7-16(20)14-26/h3-10,13H,11-12,14-15,23H2,1-2H3,(H,24,25). The molecule has 3 N–H and O–H groups in total. The predicted molar refractivity (Wildman–Crippen MR) is 118 cm³/mol. The Balaban J connectivity index is 1.76. The predicted octanol–water partition coefficient (Wildman–Crippen LogP) is 3.18. The molecular formula is C22H26N4O2S. The summed E-state index contributed by atoms with van der Waals surface area (Å²) in [5.41, 5.74) is 8.41. The molecule has 2 aromatic carbocycles. The first kappa shape index (κ1) is 19.7. The summed E-state index contributed by atoms with van der Waals surface area (Å²) in [6.45, 7) is 5.45. The molecule has 0 aliphatic carbocycles. The lowest BCUT2D eigenvalue weighted by Crippen LogP contribution is -2.39. The first-order valence-corrected chi connectivity index (χ1v) is 11.4. The van der Waals surface area contributed by atoms with Gasteiger partial charge in [0.15, 0.2) is 9.84 Å². The van der Waals surface area contributed by atoms with E-state index < -0.39 is 9.84 Å². The Morgan fingerprint density at radius 3 is 2.66 bits per heavy atom. The first-order valence-electron chi connectivity index (χ1n) is 9.71. The van der Waals surface area contributed by atoms with Gasteiger partial charge in [-0.2, -0.15) is 0 Å². The zero-order chi connectivity index (χ0) is 20.6. The molecule has 0 amide bonds. The molecule has 0 atom stereocenters. The Bertz CT molecular complexity index is 1150. The highest BCUT2D eigenvalue weighted by atomic mass is 32.2. The second-order valence-electron chi connectivity index (χ2n) is 8.24. The number of aromatic nitrogens is 1. The van der Waals surface area contributed by atoms with Gasteiger partial charge < -0.3 is 16.0 Å². The summed E-state index contributed by atoms with van der Waals surface area (Å²) in [7, 11) is -3.30. The number of anilines is 2. The topological polar surface area (TPSA) is 88.3 Å². The Morgan fingerprint density at radius 2 is 1.86 bits per heavy atom. The molecule has 1 aromatic heterocycles. The summed E-state index contributed by atoms with van der Waals surface area (Å²) >= 11 is 0. The van der Waals surface area contributed by atoms with E-state index in [4.69, 9.17) is 10.7 Å². The average molecular weight is 411 g/mol. The number of nitrogens with one attached hydrogen (secondary N) is 1. The molecule has 0 fully saturated rings. The third-order valence-corrected chi connectivity index (χ3v) is 6.85. The fourth-order valence-electron chi connectivity index (χ4n) is 3.55. The van der Waals surface area contributed by atoms with Gasteiger partial charge in [0.05, 0.1) is 16.2 Å². The van der Waals surface area contributed by atoms with E-state index >= 15 is 0 Å². The maximum Gasteiger partial charge on any atom is 0.180 e. The average Bonchev–Trinajstić information content (AvgIpc) is 2.81. The highest BCUT2D eigenvalue weighted by molar-refractivity contribution is 7.91. The Morgan fingerprint density at radius 1 is 1.14 bits per heavy atom. The molecule has 0 saturated carbocycles. The van der Waals surface area contributed by atoms with Crippen LogP contribution >= 0.6 is 0 Å². The quantitative estimate of drug-likeness (QED) is 0.687. The van der Waals surface area contributed by atoms with Crippen molar-refractivity contribution >= 4 is 32.2 Å². The lowest BCUT2D eigenvalue weighted by Gasteiger charge is -2.25. The van der Waals surface area contributed by atoms with Crippen molar-refractivity contribution in [1.29, 1.82) is 0 Å². The summed E-state index contributed by atoms with van der Waals surface area (Å²) in [6.07, 6.45) is 0. The van der Waals surface area contributed by atoms with Crippen molar-refractivity contribution in [2.24, 2.45) is 5.73 Å². The minimum atomic E-state index is -3.30. The van der Waals surface area contributed by atoms with Gasteiger partial charge >= 0.3 is 0 Å². The van der Waals surface area contributed by atoms with Crippen LogP contribution in [0.3, 0.4) is 0 Å². The number of pyridine rings is 1. The fourth-order valence-corrected chi connectivity index (χ4v) is 5.05. The third kappa shape index (κ3) is 4.21. The Labute approximate surface area is 171 Å². The van der Waals surface area contributed by atoms with Crippen molar-refractivity contribution in [2.75, 3.05) is 29.1 Å². The molecule has 3 aromatic rings. The summed E-state index contributed by atoms with van der Waals surface area (Å²) in [6, 6.07) is 17.2. The minimum Gasteiger partial charge on any atom is -0.383 e. The summed E-state index contributed by atoms with van der Waals surface area (Å²) in [4.78, 5) is 7.29. The van der Waals surface area contributed by atoms with E-state index in [1.54, 1.807) is 12.1 Å². The number of sulfone groups is 1. The summed E-state index contributed by atoms with van der Waals surface area (Å²) in [5.74, 6) is 0.824. The zero-order valence-corrected chi connectivity index (χ0v) is 17.5. The molecule has 6 nitrogen and oxygen atoms in total. The monoisotopic (exact) mass is 410 g/mol. The van der Waals surface area contributed by atoms with E-state index in [1.807, 2.05) is 61.2 Å². The van der Waals surface area contributed by atoms with Crippen molar-refractivity contribution in [2.45, 2.75) is 30.8 Å². The van der Waals surface area contributed by atoms with E-state index in [-0.39, 0.29) is 11.3 Å². The summed E-state index contributed by atoms with van der Waals surface area (Å²) in [5, 5.41) is 4.47. The van der Waals surface area contributed by atoms with Crippen molar-refractivity contribution in [1.82, 2.24) is 4.98 Å². The van der Waals surface area contributed by atoms with Crippen LogP contribution in [0.5, 0.6) is 0 Å². The van der Waals surface area contributed by atoms with Crippen LogP contribution in [-0.4, -0.2) is 37.8 Å². The van der Waals surface area contributed by atoms with Gasteiger partial charge in [-0.1, -0.05) is 36.4 Å². The molecule has 152 valence electrons. The summed E-state index contributed by atoms with van der Waals surface area (Å²) < 4.78 is 25.4. The van der Waals surface area contributed by atoms with E-state index in [0.717, 1.165) is 28.0 Å². The second-order valence-corrected chi connectivity index (χ2v) is 10.3. The van der Waals surface area contributed by atoms with Crippen LogP contribution in [0.4, 0.5) is 11.5 Å². The third-order valence-electron chi connectivity index (χ3n) is 5.06. The van der Waals surface area contributed by atoms with E-state index in [0.29, 0.717) is 24.5 Å². The van der Waals surface area contributed by atoms with Crippen LogP contribution < -0.4 is 16.0 Å². The number of para-hydroxylation sites is 1. The number of rotatable bonds is 4. The van der Waals surface area contributed by atoms with Crippen molar-refractivity contribution < 1.29 is 8.42 Å². The second kappa shape index (κ2) is 7.31. The van der Waals surface area contributed by atoms with Gasteiger partial charge in [0, 0.05) is 42.3 Å². The van der Waals surface area contributed by atoms with Crippen LogP contribution in [0.1, 0.15) is 19.4 Å². The lowest BCUT2D eigenvalue weighted by atomic mass is 10.1.